The molecule has 0 spiro atoms. The van der Waals surface area contributed by atoms with E-state index in [4.69, 9.17) is 14.6 Å². The zero-order valence-electron chi connectivity index (χ0n) is 15.1. The molecule has 2 unspecified atom stereocenters. The molecular formula is C21H25NO5. The number of aliphatic carboxylic acids is 1. The predicted octanol–water partition coefficient (Wildman–Crippen LogP) is 2.04. The molecule has 2 aromatic rings. The van der Waals surface area contributed by atoms with Gasteiger partial charge in [-0.05, 0) is 42.2 Å². The molecule has 27 heavy (non-hydrogen) atoms. The molecule has 0 bridgehead atoms. The average molecular weight is 371 g/mol. The van der Waals surface area contributed by atoms with E-state index < -0.39 is 12.1 Å². The van der Waals surface area contributed by atoms with Crippen molar-refractivity contribution in [3.8, 4) is 11.5 Å². The predicted molar refractivity (Wildman–Crippen MR) is 101 cm³/mol. The van der Waals surface area contributed by atoms with Gasteiger partial charge in [-0.2, -0.15) is 0 Å². The molecule has 2 atom stereocenters. The van der Waals surface area contributed by atoms with E-state index >= 15 is 0 Å². The number of carbonyl (C=O) groups is 1. The van der Waals surface area contributed by atoms with Gasteiger partial charge in [0.15, 0.2) is 0 Å². The molecule has 144 valence electrons. The second-order valence-electron chi connectivity index (χ2n) is 6.73. The molecule has 0 amide bonds. The molecule has 0 saturated carbocycles. The van der Waals surface area contributed by atoms with E-state index in [2.05, 4.69) is 5.32 Å². The quantitative estimate of drug-likeness (QED) is 0.625. The minimum absolute atomic E-state index is 0.0290. The maximum atomic E-state index is 10.8. The number of ether oxygens (including phenoxy) is 2. The number of rotatable bonds is 9. The highest BCUT2D eigenvalue weighted by Crippen LogP contribution is 2.28. The van der Waals surface area contributed by atoms with E-state index in [0.29, 0.717) is 13.1 Å². The fourth-order valence-corrected chi connectivity index (χ4v) is 3.11. The Morgan fingerprint density at radius 3 is 2.85 bits per heavy atom. The number of carboxylic acids is 1. The molecule has 0 aliphatic carbocycles. The average Bonchev–Trinajstić information content (AvgIpc) is 2.67. The van der Waals surface area contributed by atoms with Crippen molar-refractivity contribution in [2.45, 2.75) is 31.5 Å². The monoisotopic (exact) mass is 371 g/mol. The summed E-state index contributed by atoms with van der Waals surface area (Å²) in [6.07, 6.45) is 1.17. The molecular weight excluding hydrogens is 346 g/mol. The second-order valence-corrected chi connectivity index (χ2v) is 6.73. The van der Waals surface area contributed by atoms with E-state index in [1.165, 1.54) is 0 Å². The maximum absolute atomic E-state index is 10.8. The second kappa shape index (κ2) is 9.39. The Kier molecular flexibility index (Phi) is 6.68. The van der Waals surface area contributed by atoms with E-state index in [9.17, 15) is 9.90 Å². The van der Waals surface area contributed by atoms with Crippen molar-refractivity contribution < 1.29 is 24.5 Å². The number of hydrogen-bond donors (Lipinski definition) is 3. The van der Waals surface area contributed by atoms with Crippen molar-refractivity contribution in [1.29, 1.82) is 0 Å². The van der Waals surface area contributed by atoms with Gasteiger partial charge in [0.2, 0.25) is 0 Å². The summed E-state index contributed by atoms with van der Waals surface area (Å²) >= 11 is 0. The van der Waals surface area contributed by atoms with Crippen molar-refractivity contribution in [2.75, 3.05) is 19.7 Å². The third-order valence-electron chi connectivity index (χ3n) is 4.45. The van der Waals surface area contributed by atoms with Crippen molar-refractivity contribution in [3.05, 3.63) is 59.7 Å². The Labute approximate surface area is 158 Å². The lowest BCUT2D eigenvalue weighted by molar-refractivity contribution is -0.136. The van der Waals surface area contributed by atoms with Gasteiger partial charge < -0.3 is 25.0 Å². The van der Waals surface area contributed by atoms with Crippen LogP contribution in [0.3, 0.4) is 0 Å². The SMILES string of the molecule is O=C(O)Cc1ccc2c(c1)CCC(CNCC(O)COc1ccccc1)O2. The highest BCUT2D eigenvalue weighted by atomic mass is 16.5. The molecule has 6 heteroatoms. The summed E-state index contributed by atoms with van der Waals surface area (Å²) in [6, 6.07) is 15.0. The van der Waals surface area contributed by atoms with Crippen LogP contribution in [0.4, 0.5) is 0 Å². The molecule has 6 nitrogen and oxygen atoms in total. The van der Waals surface area contributed by atoms with Crippen LogP contribution in [0.1, 0.15) is 17.5 Å². The lowest BCUT2D eigenvalue weighted by Crippen LogP contribution is -2.39. The number of hydrogen-bond acceptors (Lipinski definition) is 5. The maximum Gasteiger partial charge on any atom is 0.307 e. The number of fused-ring (bicyclic) bond motifs is 1. The van der Waals surface area contributed by atoms with Crippen LogP contribution < -0.4 is 14.8 Å². The largest absolute Gasteiger partial charge is 0.491 e. The van der Waals surface area contributed by atoms with Gasteiger partial charge in [0.1, 0.15) is 30.3 Å². The van der Waals surface area contributed by atoms with Crippen molar-refractivity contribution in [1.82, 2.24) is 5.32 Å². The van der Waals surface area contributed by atoms with Crippen molar-refractivity contribution in [3.63, 3.8) is 0 Å². The van der Waals surface area contributed by atoms with E-state index in [0.717, 1.165) is 35.5 Å². The molecule has 0 radical (unpaired) electrons. The van der Waals surface area contributed by atoms with Gasteiger partial charge in [0.25, 0.3) is 0 Å². The van der Waals surface area contributed by atoms with Crippen LogP contribution in [0, 0.1) is 0 Å². The molecule has 0 aromatic heterocycles. The minimum atomic E-state index is -0.830. The van der Waals surface area contributed by atoms with E-state index in [-0.39, 0.29) is 19.1 Å². The van der Waals surface area contributed by atoms with Crippen LogP contribution in [-0.4, -0.2) is 48.1 Å². The smallest absolute Gasteiger partial charge is 0.307 e. The number of nitrogens with one attached hydrogen (secondary N) is 1. The van der Waals surface area contributed by atoms with Crippen LogP contribution in [-0.2, 0) is 17.6 Å². The summed E-state index contributed by atoms with van der Waals surface area (Å²) in [5, 5.41) is 22.1. The highest BCUT2D eigenvalue weighted by molar-refractivity contribution is 5.70. The third kappa shape index (κ3) is 5.98. The zero-order valence-corrected chi connectivity index (χ0v) is 15.1. The molecule has 2 aromatic carbocycles. The van der Waals surface area contributed by atoms with Crippen LogP contribution in [0.2, 0.25) is 0 Å². The Morgan fingerprint density at radius 1 is 1.26 bits per heavy atom. The first-order chi connectivity index (χ1) is 13.1. The summed E-state index contributed by atoms with van der Waals surface area (Å²) < 4.78 is 11.5. The number of aliphatic hydroxyl groups excluding tert-OH is 1. The number of para-hydroxylation sites is 1. The Bertz CT molecular complexity index is 749. The zero-order chi connectivity index (χ0) is 19.1. The molecule has 0 fully saturated rings. The van der Waals surface area contributed by atoms with Gasteiger partial charge in [-0.15, -0.1) is 0 Å². The Morgan fingerprint density at radius 2 is 2.07 bits per heavy atom. The van der Waals surface area contributed by atoms with Gasteiger partial charge in [0.05, 0.1) is 6.42 Å². The lowest BCUT2D eigenvalue weighted by Gasteiger charge is -2.27. The topological polar surface area (TPSA) is 88.0 Å². The number of aryl methyl sites for hydroxylation is 1. The molecule has 3 N–H and O–H groups in total. The van der Waals surface area contributed by atoms with Crippen molar-refractivity contribution >= 4 is 5.97 Å². The Hall–Kier alpha value is -2.57. The first kappa shape index (κ1) is 19.2. The fraction of sp³-hybridized carbons (Fsp3) is 0.381. The van der Waals surface area contributed by atoms with Crippen LogP contribution in [0.15, 0.2) is 48.5 Å². The fourth-order valence-electron chi connectivity index (χ4n) is 3.11. The summed E-state index contributed by atoms with van der Waals surface area (Å²) in [6.45, 7) is 1.30. The van der Waals surface area contributed by atoms with Gasteiger partial charge in [-0.25, -0.2) is 0 Å². The van der Waals surface area contributed by atoms with Gasteiger partial charge in [0, 0.05) is 13.1 Å². The first-order valence-electron chi connectivity index (χ1n) is 9.17. The summed E-state index contributed by atoms with van der Waals surface area (Å²) in [5.74, 6) is 0.727. The summed E-state index contributed by atoms with van der Waals surface area (Å²) in [7, 11) is 0. The summed E-state index contributed by atoms with van der Waals surface area (Å²) in [5.41, 5.74) is 1.85. The Balaban J connectivity index is 1.39. The van der Waals surface area contributed by atoms with Crippen LogP contribution in [0.25, 0.3) is 0 Å². The first-order valence-corrected chi connectivity index (χ1v) is 9.17. The third-order valence-corrected chi connectivity index (χ3v) is 4.45. The highest BCUT2D eigenvalue weighted by Gasteiger charge is 2.20. The van der Waals surface area contributed by atoms with Crippen LogP contribution in [0.5, 0.6) is 11.5 Å². The van der Waals surface area contributed by atoms with Gasteiger partial charge in [-0.1, -0.05) is 30.3 Å². The van der Waals surface area contributed by atoms with E-state index in [1.807, 2.05) is 42.5 Å². The molecule has 1 aliphatic rings. The number of aliphatic hydroxyl groups is 1. The number of benzene rings is 2. The van der Waals surface area contributed by atoms with Gasteiger partial charge in [-0.3, -0.25) is 4.79 Å². The number of carboxylic acid groups (broad SMARTS) is 1. The molecule has 3 rings (SSSR count). The summed E-state index contributed by atoms with van der Waals surface area (Å²) in [4.78, 5) is 10.8. The standard InChI is InChI=1S/C21H25NO5/c23-17(14-26-18-4-2-1-3-5-18)12-22-13-19-8-7-16-10-15(11-21(24)25)6-9-20(16)27-19/h1-6,9-10,17,19,22-23H,7-8,11-14H2,(H,24,25). The van der Waals surface area contributed by atoms with Gasteiger partial charge >= 0.3 is 5.97 Å². The normalized spacial score (nSPS) is 16.9. The molecule has 1 aliphatic heterocycles. The van der Waals surface area contributed by atoms with Crippen LogP contribution >= 0.6 is 0 Å². The lowest BCUT2D eigenvalue weighted by atomic mass is 9.99. The van der Waals surface area contributed by atoms with E-state index in [1.54, 1.807) is 6.07 Å². The minimum Gasteiger partial charge on any atom is -0.491 e. The molecule has 1 heterocycles. The molecule has 0 saturated heterocycles. The van der Waals surface area contributed by atoms with Crippen molar-refractivity contribution in [2.24, 2.45) is 0 Å².